The molecule has 0 fully saturated rings. The average molecular weight is 169 g/mol. The second-order valence-corrected chi connectivity index (χ2v) is 3.18. The van der Waals surface area contributed by atoms with Crippen molar-refractivity contribution in [3.8, 4) is 0 Å². The first-order chi connectivity index (χ1) is 5.63. The Bertz CT molecular complexity index is 237. The van der Waals surface area contributed by atoms with E-state index in [9.17, 15) is 0 Å². The molecule has 0 aliphatic rings. The molecule has 0 aliphatic carbocycles. The van der Waals surface area contributed by atoms with Crippen molar-refractivity contribution in [2.45, 2.75) is 20.4 Å². The van der Waals surface area contributed by atoms with Crippen molar-refractivity contribution in [3.05, 3.63) is 11.9 Å². The third kappa shape index (κ3) is 1.98. The molecule has 1 rings (SSSR count). The second kappa shape index (κ2) is 3.58. The molecule has 1 aromatic heterocycles. The lowest BCUT2D eigenvalue weighted by Gasteiger charge is -2.06. The van der Waals surface area contributed by atoms with E-state index in [1.165, 1.54) is 0 Å². The number of anilines is 1. The Morgan fingerprint density at radius 2 is 2.42 bits per heavy atom. The van der Waals surface area contributed by atoms with E-state index in [-0.39, 0.29) is 12.5 Å². The van der Waals surface area contributed by atoms with Crippen molar-refractivity contribution in [2.75, 3.05) is 12.3 Å². The van der Waals surface area contributed by atoms with E-state index in [1.807, 2.05) is 13.8 Å². The van der Waals surface area contributed by atoms with Crippen LogP contribution in [0.25, 0.3) is 0 Å². The molecule has 4 nitrogen and oxygen atoms in total. The van der Waals surface area contributed by atoms with E-state index in [0.29, 0.717) is 12.2 Å². The number of rotatable bonds is 3. The van der Waals surface area contributed by atoms with Gasteiger partial charge in [-0.3, -0.25) is 4.68 Å². The number of nitrogen functional groups attached to an aromatic ring is 1. The van der Waals surface area contributed by atoms with Gasteiger partial charge in [0.05, 0.1) is 11.4 Å². The number of hydrogen-bond acceptors (Lipinski definition) is 3. The largest absolute Gasteiger partial charge is 0.396 e. The molecule has 1 unspecified atom stereocenters. The molecule has 1 atom stereocenters. The van der Waals surface area contributed by atoms with Crippen molar-refractivity contribution in [2.24, 2.45) is 5.92 Å². The quantitative estimate of drug-likeness (QED) is 0.688. The predicted octanol–water partition coefficient (Wildman–Crippen LogP) is 0.402. The van der Waals surface area contributed by atoms with Crippen LogP contribution in [-0.4, -0.2) is 21.5 Å². The molecule has 1 aromatic rings. The van der Waals surface area contributed by atoms with Gasteiger partial charge in [-0.2, -0.15) is 5.10 Å². The fourth-order valence-corrected chi connectivity index (χ4v) is 1.00. The van der Waals surface area contributed by atoms with Crippen LogP contribution in [0.1, 0.15) is 12.6 Å². The molecule has 0 saturated heterocycles. The summed E-state index contributed by atoms with van der Waals surface area (Å²) in [5, 5.41) is 13.0. The molecule has 0 radical (unpaired) electrons. The van der Waals surface area contributed by atoms with Gasteiger partial charge in [-0.05, 0) is 12.8 Å². The lowest BCUT2D eigenvalue weighted by molar-refractivity contribution is 0.219. The summed E-state index contributed by atoms with van der Waals surface area (Å²) in [6.45, 7) is 4.73. The summed E-state index contributed by atoms with van der Waals surface area (Å²) in [4.78, 5) is 0. The van der Waals surface area contributed by atoms with Crippen molar-refractivity contribution in [1.29, 1.82) is 0 Å². The summed E-state index contributed by atoms with van der Waals surface area (Å²) in [6.07, 6.45) is 1.79. The Morgan fingerprint density at radius 1 is 1.75 bits per heavy atom. The van der Waals surface area contributed by atoms with Gasteiger partial charge in [0, 0.05) is 19.3 Å². The Kier molecular flexibility index (Phi) is 2.70. The third-order valence-electron chi connectivity index (χ3n) is 1.79. The number of aromatic nitrogens is 2. The van der Waals surface area contributed by atoms with Crippen LogP contribution in [0.15, 0.2) is 6.20 Å². The van der Waals surface area contributed by atoms with Crippen molar-refractivity contribution in [1.82, 2.24) is 9.78 Å². The predicted molar refractivity (Wildman–Crippen MR) is 47.6 cm³/mol. The van der Waals surface area contributed by atoms with Gasteiger partial charge in [0.25, 0.3) is 0 Å². The molecule has 0 bridgehead atoms. The minimum atomic E-state index is 0.179. The molecule has 0 saturated carbocycles. The van der Waals surface area contributed by atoms with E-state index in [2.05, 4.69) is 5.10 Å². The topological polar surface area (TPSA) is 64.1 Å². The van der Waals surface area contributed by atoms with E-state index in [4.69, 9.17) is 10.8 Å². The first kappa shape index (κ1) is 9.06. The maximum atomic E-state index is 8.80. The van der Waals surface area contributed by atoms with Gasteiger partial charge in [0.1, 0.15) is 0 Å². The summed E-state index contributed by atoms with van der Waals surface area (Å²) in [7, 11) is 0. The first-order valence-corrected chi connectivity index (χ1v) is 4.04. The Morgan fingerprint density at radius 3 is 2.83 bits per heavy atom. The smallest absolute Gasteiger partial charge is 0.0822 e. The highest BCUT2D eigenvalue weighted by Gasteiger charge is 2.04. The fourth-order valence-electron chi connectivity index (χ4n) is 1.00. The van der Waals surface area contributed by atoms with Gasteiger partial charge in [0.2, 0.25) is 0 Å². The number of aliphatic hydroxyl groups excluding tert-OH is 1. The molecule has 0 amide bonds. The summed E-state index contributed by atoms with van der Waals surface area (Å²) >= 11 is 0. The van der Waals surface area contributed by atoms with Gasteiger partial charge < -0.3 is 10.8 Å². The van der Waals surface area contributed by atoms with Crippen LogP contribution in [0, 0.1) is 12.8 Å². The second-order valence-electron chi connectivity index (χ2n) is 3.18. The first-order valence-electron chi connectivity index (χ1n) is 4.04. The van der Waals surface area contributed by atoms with Crippen LogP contribution in [-0.2, 0) is 6.54 Å². The van der Waals surface area contributed by atoms with Crippen molar-refractivity contribution in [3.63, 3.8) is 0 Å². The summed E-state index contributed by atoms with van der Waals surface area (Å²) in [6, 6.07) is 0. The van der Waals surface area contributed by atoms with Crippen LogP contribution < -0.4 is 5.73 Å². The molecule has 0 spiro atoms. The molecule has 12 heavy (non-hydrogen) atoms. The Hall–Kier alpha value is -1.03. The monoisotopic (exact) mass is 169 g/mol. The normalized spacial score (nSPS) is 13.2. The zero-order valence-corrected chi connectivity index (χ0v) is 7.49. The Labute approximate surface area is 72.0 Å². The summed E-state index contributed by atoms with van der Waals surface area (Å²) in [5.74, 6) is 0.226. The van der Waals surface area contributed by atoms with Crippen LogP contribution >= 0.6 is 0 Å². The molecule has 1 heterocycles. The van der Waals surface area contributed by atoms with Crippen LogP contribution in [0.4, 0.5) is 5.69 Å². The fraction of sp³-hybridized carbons (Fsp3) is 0.625. The zero-order chi connectivity index (χ0) is 9.14. The molecule has 4 heteroatoms. The lowest BCUT2D eigenvalue weighted by atomic mass is 10.2. The molecular weight excluding hydrogens is 154 g/mol. The number of aliphatic hydroxyl groups is 1. The van der Waals surface area contributed by atoms with E-state index < -0.39 is 0 Å². The number of hydrogen-bond donors (Lipinski definition) is 2. The summed E-state index contributed by atoms with van der Waals surface area (Å²) < 4.78 is 1.77. The van der Waals surface area contributed by atoms with Gasteiger partial charge in [0.15, 0.2) is 0 Å². The van der Waals surface area contributed by atoms with Crippen LogP contribution in [0.3, 0.4) is 0 Å². The minimum absolute atomic E-state index is 0.179. The molecule has 0 aliphatic heterocycles. The lowest BCUT2D eigenvalue weighted by Crippen LogP contribution is -2.11. The van der Waals surface area contributed by atoms with E-state index >= 15 is 0 Å². The van der Waals surface area contributed by atoms with Crippen molar-refractivity contribution < 1.29 is 5.11 Å². The van der Waals surface area contributed by atoms with Gasteiger partial charge in [-0.25, -0.2) is 0 Å². The number of nitrogens with two attached hydrogens (primary N) is 1. The highest BCUT2D eigenvalue weighted by atomic mass is 16.3. The molecular formula is C8H15N3O. The number of aryl methyl sites for hydroxylation is 1. The minimum Gasteiger partial charge on any atom is -0.396 e. The Balaban J connectivity index is 2.64. The third-order valence-corrected chi connectivity index (χ3v) is 1.79. The molecule has 0 aromatic carbocycles. The SMILES string of the molecule is Cc1nn(CC(C)CO)cc1N. The maximum absolute atomic E-state index is 8.80. The van der Waals surface area contributed by atoms with Crippen LogP contribution in [0.2, 0.25) is 0 Å². The van der Waals surface area contributed by atoms with Crippen LogP contribution in [0.5, 0.6) is 0 Å². The zero-order valence-electron chi connectivity index (χ0n) is 7.49. The summed E-state index contributed by atoms with van der Waals surface area (Å²) in [5.41, 5.74) is 7.17. The van der Waals surface area contributed by atoms with Gasteiger partial charge in [-0.15, -0.1) is 0 Å². The highest BCUT2D eigenvalue weighted by Crippen LogP contribution is 2.08. The van der Waals surface area contributed by atoms with E-state index in [0.717, 1.165) is 5.69 Å². The van der Waals surface area contributed by atoms with Crippen molar-refractivity contribution >= 4 is 5.69 Å². The maximum Gasteiger partial charge on any atom is 0.0822 e. The molecule has 3 N–H and O–H groups in total. The highest BCUT2D eigenvalue weighted by molar-refractivity contribution is 5.39. The van der Waals surface area contributed by atoms with Gasteiger partial charge >= 0.3 is 0 Å². The average Bonchev–Trinajstić information content (AvgIpc) is 2.31. The van der Waals surface area contributed by atoms with E-state index in [1.54, 1.807) is 10.9 Å². The van der Waals surface area contributed by atoms with Gasteiger partial charge in [-0.1, -0.05) is 6.92 Å². The number of nitrogens with zero attached hydrogens (tertiary/aromatic N) is 2. The standard InChI is InChI=1S/C8H15N3O/c1-6(5-12)3-11-4-8(9)7(2)10-11/h4,6,12H,3,5,9H2,1-2H3. The molecule has 68 valence electrons.